The Hall–Kier alpha value is -0.200. The normalized spacial score (nSPS) is 10.1. The Labute approximate surface area is 77.1 Å². The predicted molar refractivity (Wildman–Crippen MR) is 50.2 cm³/mol. The van der Waals surface area contributed by atoms with E-state index >= 15 is 0 Å². The smallest absolute Gasteiger partial charge is 0.0455 e. The van der Waals surface area contributed by atoms with Gasteiger partial charge in [0, 0.05) is 10.0 Å². The van der Waals surface area contributed by atoms with Gasteiger partial charge in [-0.2, -0.15) is 0 Å². The van der Waals surface area contributed by atoms with Crippen molar-refractivity contribution in [1.29, 1.82) is 0 Å². The molecule has 0 bridgehead atoms. The maximum atomic E-state index is 5.89. The second-order valence-electron chi connectivity index (χ2n) is 2.28. The highest BCUT2D eigenvalue weighted by molar-refractivity contribution is 6.35. The summed E-state index contributed by atoms with van der Waals surface area (Å²) in [6.45, 7) is 2.07. The monoisotopic (exact) mass is 187 g/mol. The van der Waals surface area contributed by atoms with Crippen molar-refractivity contribution in [2.75, 3.05) is 0 Å². The summed E-state index contributed by atoms with van der Waals surface area (Å²) in [4.78, 5) is 0. The summed E-state index contributed by atoms with van der Waals surface area (Å²) in [5, 5.41) is 1.41. The number of halogens is 2. The van der Waals surface area contributed by atoms with Crippen LogP contribution in [0.1, 0.15) is 18.9 Å². The van der Waals surface area contributed by atoms with Crippen molar-refractivity contribution in [2.45, 2.75) is 13.3 Å². The van der Waals surface area contributed by atoms with Crippen LogP contribution in [-0.4, -0.2) is 0 Å². The summed E-state index contributed by atoms with van der Waals surface area (Å²) in [6, 6.07) is 5.52. The van der Waals surface area contributed by atoms with Gasteiger partial charge < -0.3 is 0 Å². The van der Waals surface area contributed by atoms with Crippen LogP contribution in [0.5, 0.6) is 0 Å². The van der Waals surface area contributed by atoms with Crippen molar-refractivity contribution in [1.82, 2.24) is 0 Å². The summed E-state index contributed by atoms with van der Waals surface area (Å²) < 4.78 is 0. The average molecular weight is 188 g/mol. The molecule has 0 heterocycles. The van der Waals surface area contributed by atoms with Crippen molar-refractivity contribution >= 4 is 23.2 Å². The molecular formula is C9H9Cl2. The summed E-state index contributed by atoms with van der Waals surface area (Å²) in [6.07, 6.45) is 3.06. The number of hydrogen-bond donors (Lipinski definition) is 0. The Morgan fingerprint density at radius 1 is 1.36 bits per heavy atom. The zero-order valence-electron chi connectivity index (χ0n) is 6.27. The van der Waals surface area contributed by atoms with E-state index < -0.39 is 0 Å². The molecule has 59 valence electrons. The molecule has 2 heteroatoms. The molecule has 1 radical (unpaired) electrons. The zero-order valence-corrected chi connectivity index (χ0v) is 7.78. The van der Waals surface area contributed by atoms with Gasteiger partial charge in [-0.05, 0) is 30.5 Å². The topological polar surface area (TPSA) is 0 Å². The van der Waals surface area contributed by atoms with E-state index in [9.17, 15) is 0 Å². The standard InChI is InChI=1S/C9H9Cl2/c1-2-3-7-4-5-8(10)6-9(7)11/h3-6H,2H2,1H3. The third-order valence-electron chi connectivity index (χ3n) is 1.39. The second-order valence-corrected chi connectivity index (χ2v) is 3.12. The first-order valence-corrected chi connectivity index (χ1v) is 4.28. The van der Waals surface area contributed by atoms with Crippen molar-refractivity contribution < 1.29 is 0 Å². The van der Waals surface area contributed by atoms with E-state index in [1.807, 2.05) is 12.1 Å². The molecular weight excluding hydrogens is 179 g/mol. The summed E-state index contributed by atoms with van der Waals surface area (Å²) in [5.41, 5.74) is 1.05. The van der Waals surface area contributed by atoms with E-state index in [0.29, 0.717) is 5.02 Å². The highest BCUT2D eigenvalue weighted by Crippen LogP contribution is 2.22. The van der Waals surface area contributed by atoms with E-state index in [1.54, 1.807) is 6.07 Å². The lowest BCUT2D eigenvalue weighted by Crippen LogP contribution is -1.80. The van der Waals surface area contributed by atoms with Crippen LogP contribution in [0.25, 0.3) is 0 Å². The van der Waals surface area contributed by atoms with Crippen LogP contribution in [0.3, 0.4) is 0 Å². The Bertz CT molecular complexity index is 243. The first kappa shape index (κ1) is 8.89. The third-order valence-corrected chi connectivity index (χ3v) is 1.95. The fourth-order valence-corrected chi connectivity index (χ4v) is 1.37. The molecule has 0 aromatic heterocycles. The van der Waals surface area contributed by atoms with Crippen LogP contribution in [0, 0.1) is 6.42 Å². The fraction of sp³-hybridized carbons (Fsp3) is 0.222. The largest absolute Gasteiger partial charge is 0.0843 e. The van der Waals surface area contributed by atoms with Gasteiger partial charge in [0.2, 0.25) is 0 Å². The maximum Gasteiger partial charge on any atom is 0.0455 e. The Kier molecular flexibility index (Phi) is 3.22. The van der Waals surface area contributed by atoms with E-state index in [0.717, 1.165) is 17.0 Å². The minimum absolute atomic E-state index is 0.684. The van der Waals surface area contributed by atoms with Crippen molar-refractivity contribution in [3.8, 4) is 0 Å². The molecule has 0 aliphatic rings. The first-order valence-electron chi connectivity index (χ1n) is 3.52. The summed E-state index contributed by atoms with van der Waals surface area (Å²) >= 11 is 11.6. The van der Waals surface area contributed by atoms with Gasteiger partial charge in [0.1, 0.15) is 0 Å². The molecule has 0 aliphatic carbocycles. The van der Waals surface area contributed by atoms with Gasteiger partial charge in [0.05, 0.1) is 0 Å². The van der Waals surface area contributed by atoms with E-state index in [2.05, 4.69) is 13.3 Å². The van der Waals surface area contributed by atoms with Crippen LogP contribution in [0.15, 0.2) is 18.2 Å². The minimum atomic E-state index is 0.684. The van der Waals surface area contributed by atoms with Gasteiger partial charge in [0.15, 0.2) is 0 Å². The van der Waals surface area contributed by atoms with Gasteiger partial charge in [-0.3, -0.25) is 0 Å². The Balaban J connectivity index is 2.90. The molecule has 0 saturated carbocycles. The van der Waals surface area contributed by atoms with Crippen LogP contribution >= 0.6 is 23.2 Å². The summed E-state index contributed by atoms with van der Waals surface area (Å²) in [7, 11) is 0. The van der Waals surface area contributed by atoms with Crippen molar-refractivity contribution in [3.05, 3.63) is 40.2 Å². The molecule has 0 nitrogen and oxygen atoms in total. The van der Waals surface area contributed by atoms with Gasteiger partial charge in [-0.15, -0.1) is 0 Å². The maximum absolute atomic E-state index is 5.89. The molecule has 1 aromatic carbocycles. The molecule has 0 fully saturated rings. The fourth-order valence-electron chi connectivity index (χ4n) is 0.887. The second kappa shape index (κ2) is 3.99. The van der Waals surface area contributed by atoms with Crippen molar-refractivity contribution in [2.24, 2.45) is 0 Å². The molecule has 1 aromatic rings. The molecule has 0 spiro atoms. The van der Waals surface area contributed by atoms with E-state index in [4.69, 9.17) is 23.2 Å². The van der Waals surface area contributed by atoms with Gasteiger partial charge >= 0.3 is 0 Å². The molecule has 11 heavy (non-hydrogen) atoms. The highest BCUT2D eigenvalue weighted by atomic mass is 35.5. The first-order chi connectivity index (χ1) is 5.24. The SMILES string of the molecule is CC[CH]c1ccc(Cl)cc1Cl. The molecule has 0 unspecified atom stereocenters. The van der Waals surface area contributed by atoms with Gasteiger partial charge in [-0.25, -0.2) is 0 Å². The lowest BCUT2D eigenvalue weighted by atomic mass is 10.1. The zero-order chi connectivity index (χ0) is 8.27. The molecule has 0 atom stereocenters. The van der Waals surface area contributed by atoms with Crippen LogP contribution in [0.4, 0.5) is 0 Å². The quantitative estimate of drug-likeness (QED) is 0.658. The molecule has 1 rings (SSSR count). The van der Waals surface area contributed by atoms with E-state index in [-0.39, 0.29) is 0 Å². The number of hydrogen-bond acceptors (Lipinski definition) is 0. The lowest BCUT2D eigenvalue weighted by Gasteiger charge is -2.00. The predicted octanol–water partition coefficient (Wildman–Crippen LogP) is 3.96. The minimum Gasteiger partial charge on any atom is -0.0843 e. The van der Waals surface area contributed by atoms with E-state index in [1.165, 1.54) is 0 Å². The third kappa shape index (κ3) is 2.39. The number of benzene rings is 1. The molecule has 0 N–H and O–H groups in total. The van der Waals surface area contributed by atoms with Crippen molar-refractivity contribution in [3.63, 3.8) is 0 Å². The molecule has 0 saturated heterocycles. The Morgan fingerprint density at radius 2 is 2.09 bits per heavy atom. The van der Waals surface area contributed by atoms with Crippen LogP contribution < -0.4 is 0 Å². The molecule has 0 aliphatic heterocycles. The van der Waals surface area contributed by atoms with Crippen LogP contribution in [-0.2, 0) is 0 Å². The lowest BCUT2D eigenvalue weighted by molar-refractivity contribution is 1.12. The summed E-state index contributed by atoms with van der Waals surface area (Å²) in [5.74, 6) is 0. The molecule has 0 amide bonds. The highest BCUT2D eigenvalue weighted by Gasteiger charge is 1.98. The van der Waals surface area contributed by atoms with Gasteiger partial charge in [-0.1, -0.05) is 36.2 Å². The number of rotatable bonds is 2. The Morgan fingerprint density at radius 3 is 2.64 bits per heavy atom. The van der Waals surface area contributed by atoms with Gasteiger partial charge in [0.25, 0.3) is 0 Å². The average Bonchev–Trinajstić information content (AvgIpc) is 1.95. The van der Waals surface area contributed by atoms with Crippen LogP contribution in [0.2, 0.25) is 10.0 Å².